The number of fused-ring (bicyclic) bond motifs is 5. The Kier molecular flexibility index (Phi) is 11.0. The number of amides is 3. The molecule has 3 amide bonds. The normalized spacial score (nSPS) is 24.0. The number of aromatic nitrogens is 1. The number of nitrogens with zero attached hydrogens (tertiary/aromatic N) is 5. The highest BCUT2D eigenvalue weighted by Crippen LogP contribution is 2.42. The van der Waals surface area contributed by atoms with Gasteiger partial charge >= 0.3 is 17.9 Å². The minimum Gasteiger partial charge on any atom is -0.504 e. The van der Waals surface area contributed by atoms with Crippen LogP contribution in [0.3, 0.4) is 0 Å². The van der Waals surface area contributed by atoms with Crippen LogP contribution < -0.4 is 11.1 Å². The third kappa shape index (κ3) is 7.61. The standard InChI is InChI=1S/C32H32ClN7O13S2/c33-20-15(1-2-17(41)25(20)45)24(44)28(48)38-5-8-40(6-3-14(38)4-7-40)10-13-11-54-29-22(27(47)39(29)23(13)31(51)52)36-26(46)21(16-12-55-32(34)35-16)37-53-18(30(49)50)9-19(42)43/h1-2,12,14,18,22,29H,3-11H2,(H7-,34,35,36,37,41,42,43,44,45,46,48,49,50,51,52)/p+1/t14?,18-,22+,29+,40?/m0/s1. The van der Waals surface area contributed by atoms with Crippen LogP contribution in [0, 0.1) is 0 Å². The van der Waals surface area contributed by atoms with E-state index in [0.29, 0.717) is 42.5 Å². The van der Waals surface area contributed by atoms with Gasteiger partial charge in [0, 0.05) is 35.6 Å². The monoisotopic (exact) mass is 822 g/mol. The van der Waals surface area contributed by atoms with Crippen LogP contribution in [0.15, 0.2) is 33.9 Å². The molecule has 3 atom stereocenters. The van der Waals surface area contributed by atoms with Crippen LogP contribution >= 0.6 is 34.7 Å². The van der Waals surface area contributed by atoms with Gasteiger partial charge in [0.1, 0.15) is 29.4 Å². The van der Waals surface area contributed by atoms with E-state index in [1.807, 2.05) is 0 Å². The number of quaternary nitrogens is 1. The number of nitrogens with one attached hydrogen (secondary N) is 1. The fraction of sp³-hybridized carbons (Fsp3) is 0.406. The van der Waals surface area contributed by atoms with Gasteiger partial charge in [0.2, 0.25) is 6.10 Å². The first-order valence-corrected chi connectivity index (χ1v) is 18.8. The lowest BCUT2D eigenvalue weighted by Crippen LogP contribution is -2.71. The van der Waals surface area contributed by atoms with Crippen LogP contribution in [0.2, 0.25) is 5.02 Å². The van der Waals surface area contributed by atoms with E-state index in [1.54, 1.807) is 0 Å². The average Bonchev–Trinajstić information content (AvgIpc) is 3.39. The summed E-state index contributed by atoms with van der Waals surface area (Å²) < 4.78 is 0.393. The molecule has 23 heteroatoms. The van der Waals surface area contributed by atoms with Crippen molar-refractivity contribution >= 4 is 87.0 Å². The van der Waals surface area contributed by atoms with Crippen molar-refractivity contribution in [1.29, 1.82) is 0 Å². The lowest BCUT2D eigenvalue weighted by molar-refractivity contribution is -0.924. The summed E-state index contributed by atoms with van der Waals surface area (Å²) in [7, 11) is 0. The quantitative estimate of drug-likeness (QED) is 0.0264. The van der Waals surface area contributed by atoms with Crippen molar-refractivity contribution in [2.75, 3.05) is 44.2 Å². The van der Waals surface area contributed by atoms with Gasteiger partial charge in [-0.1, -0.05) is 16.8 Å². The summed E-state index contributed by atoms with van der Waals surface area (Å²) in [6.07, 6.45) is -1.91. The lowest BCUT2D eigenvalue weighted by atomic mass is 9.99. The Morgan fingerprint density at radius 1 is 1.11 bits per heavy atom. The van der Waals surface area contributed by atoms with Gasteiger partial charge in [-0.2, -0.15) is 0 Å². The number of aliphatic carboxylic acids is 3. The number of phenolic OH excluding ortho intramolecular Hbond substituents is 2. The zero-order valence-electron chi connectivity index (χ0n) is 28.4. The van der Waals surface area contributed by atoms with Gasteiger partial charge in [-0.15, -0.1) is 23.1 Å². The number of Topliss-reactive ketones (excluding diaryl/α,β-unsaturated/α-hetero) is 1. The first-order chi connectivity index (χ1) is 26.0. The molecule has 1 aromatic carbocycles. The number of β-lactam (4-membered cyclic amide) rings is 1. The van der Waals surface area contributed by atoms with Gasteiger partial charge in [0.25, 0.3) is 23.5 Å². The summed E-state index contributed by atoms with van der Waals surface area (Å²) in [5.74, 6) is -9.14. The highest BCUT2D eigenvalue weighted by molar-refractivity contribution is 8.00. The maximum atomic E-state index is 13.5. The van der Waals surface area contributed by atoms with Crippen molar-refractivity contribution in [2.24, 2.45) is 5.16 Å². The molecule has 4 fully saturated rings. The summed E-state index contributed by atoms with van der Waals surface area (Å²) in [5.41, 5.74) is 4.94. The number of anilines is 1. The number of benzene rings is 1. The predicted octanol–water partition coefficient (Wildman–Crippen LogP) is -0.119. The van der Waals surface area contributed by atoms with Crippen LogP contribution in [-0.4, -0.2) is 154 Å². The molecule has 6 heterocycles. The van der Waals surface area contributed by atoms with E-state index in [4.69, 9.17) is 27.3 Å². The van der Waals surface area contributed by atoms with Crippen LogP contribution in [0.25, 0.3) is 0 Å². The van der Waals surface area contributed by atoms with Gasteiger partial charge in [-0.3, -0.25) is 28.9 Å². The Morgan fingerprint density at radius 2 is 1.82 bits per heavy atom. The number of carbonyl (C=O) groups is 7. The maximum absolute atomic E-state index is 13.5. The summed E-state index contributed by atoms with van der Waals surface area (Å²) >= 11 is 8.19. The topological polar surface area (TPSA) is 300 Å². The second-order valence-corrected chi connectivity index (χ2v) is 15.6. The van der Waals surface area contributed by atoms with E-state index in [1.165, 1.54) is 22.0 Å². The Balaban J connectivity index is 1.16. The van der Waals surface area contributed by atoms with E-state index in [9.17, 15) is 54.0 Å². The fourth-order valence-electron chi connectivity index (χ4n) is 7.08. The van der Waals surface area contributed by atoms with E-state index in [-0.39, 0.29) is 47.0 Å². The van der Waals surface area contributed by atoms with Gasteiger partial charge in [0.15, 0.2) is 22.3 Å². The molecule has 1 aromatic heterocycles. The zero-order chi connectivity index (χ0) is 39.9. The Hall–Kier alpha value is -5.45. The number of nitrogens with two attached hydrogens (primary N) is 1. The number of hydrogen-bond acceptors (Lipinski definition) is 15. The van der Waals surface area contributed by atoms with E-state index in [2.05, 4.69) is 15.5 Å². The Bertz CT molecular complexity index is 2070. The largest absolute Gasteiger partial charge is 0.504 e. The summed E-state index contributed by atoms with van der Waals surface area (Å²) in [4.78, 5) is 100. The molecule has 5 aliphatic heterocycles. The molecule has 20 nitrogen and oxygen atoms in total. The molecule has 0 spiro atoms. The molecule has 2 bridgehead atoms. The lowest BCUT2D eigenvalue weighted by Gasteiger charge is -2.50. The zero-order valence-corrected chi connectivity index (χ0v) is 30.8. The van der Waals surface area contributed by atoms with Crippen LogP contribution in [0.5, 0.6) is 11.5 Å². The summed E-state index contributed by atoms with van der Waals surface area (Å²) in [6.45, 7) is 1.90. The molecule has 7 rings (SSSR count). The number of phenols is 2. The van der Waals surface area contributed by atoms with Gasteiger partial charge in [-0.25, -0.2) is 14.6 Å². The smallest absolute Gasteiger partial charge is 0.352 e. The molecule has 4 saturated heterocycles. The molecule has 55 heavy (non-hydrogen) atoms. The number of nitrogen functional groups attached to an aromatic ring is 1. The fourth-order valence-corrected chi connectivity index (χ4v) is 9.21. The summed E-state index contributed by atoms with van der Waals surface area (Å²) in [5, 5.41) is 54.4. The maximum Gasteiger partial charge on any atom is 0.352 e. The third-order valence-electron chi connectivity index (χ3n) is 9.87. The number of thioether (sulfide) groups is 1. The molecule has 0 unspecified atom stereocenters. The van der Waals surface area contributed by atoms with Gasteiger partial charge in [0.05, 0.1) is 43.2 Å². The summed E-state index contributed by atoms with van der Waals surface area (Å²) in [6, 6.07) is 0.712. The number of aromatic hydroxyl groups is 2. The third-order valence-corrected chi connectivity index (χ3v) is 12.3. The highest BCUT2D eigenvalue weighted by atomic mass is 35.5. The molecule has 5 aliphatic rings. The number of carboxylic acid groups (broad SMARTS) is 3. The molecular formula is C32H33ClN7O13S2+. The number of rotatable bonds is 13. The first kappa shape index (κ1) is 39.2. The van der Waals surface area contributed by atoms with E-state index in [0.717, 1.165) is 28.4 Å². The molecule has 0 radical (unpaired) electrons. The Labute approximate surface area is 323 Å². The van der Waals surface area contributed by atoms with Crippen molar-refractivity contribution in [2.45, 2.75) is 42.8 Å². The van der Waals surface area contributed by atoms with Crippen molar-refractivity contribution in [3.63, 3.8) is 0 Å². The number of carbonyl (C=O) groups excluding carboxylic acids is 4. The number of halogens is 1. The SMILES string of the molecule is Nc1nc(/C(=N/O[C@@H](CC(=O)O)C(=O)O)C(=O)N[C@@H]2C(=O)N3C(C(=O)O)=C(C[N+]45CCC(CC4)N(C(=O)C(=O)c4ccc(O)c(O)c4Cl)CC5)CS[C@H]23)cs1. The second kappa shape index (κ2) is 15.4. The molecule has 8 N–H and O–H groups in total. The van der Waals surface area contributed by atoms with Gasteiger partial charge < -0.3 is 50.8 Å². The molecule has 0 saturated carbocycles. The molecule has 292 valence electrons. The molecule has 0 aliphatic carbocycles. The van der Waals surface area contributed by atoms with E-state index < -0.39 is 87.6 Å². The van der Waals surface area contributed by atoms with Gasteiger partial charge in [-0.05, 0) is 12.1 Å². The minimum atomic E-state index is -1.96. The van der Waals surface area contributed by atoms with E-state index >= 15 is 0 Å². The molecule has 2 aromatic rings. The number of thiazole rings is 1. The minimum absolute atomic E-state index is 0.0151. The number of hydrogen-bond donors (Lipinski definition) is 7. The Morgan fingerprint density at radius 3 is 2.44 bits per heavy atom. The molecular weight excluding hydrogens is 790 g/mol. The second-order valence-electron chi connectivity index (χ2n) is 13.2. The van der Waals surface area contributed by atoms with Crippen molar-refractivity contribution in [3.05, 3.63) is 45.1 Å². The average molecular weight is 823 g/mol. The number of oxime groups is 1. The van der Waals surface area contributed by atoms with Crippen molar-refractivity contribution < 1.29 is 68.4 Å². The van der Waals surface area contributed by atoms with Crippen molar-refractivity contribution in [3.8, 4) is 11.5 Å². The van der Waals surface area contributed by atoms with Crippen LogP contribution in [0.4, 0.5) is 5.13 Å². The van der Waals surface area contributed by atoms with Crippen LogP contribution in [0.1, 0.15) is 35.3 Å². The first-order valence-electron chi connectivity index (χ1n) is 16.5. The number of piperidine rings is 1. The number of ketones is 1. The van der Waals surface area contributed by atoms with Crippen LogP contribution in [-0.2, 0) is 33.6 Å². The predicted molar refractivity (Wildman–Crippen MR) is 191 cm³/mol. The highest BCUT2D eigenvalue weighted by Gasteiger charge is 2.56. The number of carboxylic acids is 3. The van der Waals surface area contributed by atoms with Crippen molar-refractivity contribution in [1.82, 2.24) is 20.1 Å².